The first-order valence-corrected chi connectivity index (χ1v) is 5.72. The number of anilines is 2. The molecule has 0 saturated heterocycles. The topological polar surface area (TPSA) is 93.8 Å². The highest BCUT2D eigenvalue weighted by atomic mass is 19.4. The molecule has 0 spiro atoms. The van der Waals surface area contributed by atoms with Crippen LogP contribution in [0.2, 0.25) is 0 Å². The molecule has 0 fully saturated rings. The Morgan fingerprint density at radius 3 is 2.43 bits per heavy atom. The number of hydrogen-bond donors (Lipinski definition) is 2. The van der Waals surface area contributed by atoms with Gasteiger partial charge in [0.2, 0.25) is 0 Å². The monoisotopic (exact) mass is 297 g/mol. The lowest BCUT2D eigenvalue weighted by molar-refractivity contribution is -0.137. The number of carbonyl (C=O) groups is 1. The predicted molar refractivity (Wildman–Crippen MR) is 67.8 cm³/mol. The third-order valence-electron chi connectivity index (χ3n) is 2.56. The van der Waals surface area contributed by atoms with E-state index in [-0.39, 0.29) is 17.3 Å². The SMILES string of the molecule is Cc1cc(Nc2ccc(C(F)(F)F)cn2)nnc1C(N)=O. The summed E-state index contributed by atoms with van der Waals surface area (Å²) in [6.45, 7) is 1.61. The highest BCUT2D eigenvalue weighted by Crippen LogP contribution is 2.29. The molecule has 0 aliphatic heterocycles. The summed E-state index contributed by atoms with van der Waals surface area (Å²) in [4.78, 5) is 14.6. The minimum Gasteiger partial charge on any atom is -0.364 e. The maximum absolute atomic E-state index is 12.4. The van der Waals surface area contributed by atoms with Crippen LogP contribution in [0.15, 0.2) is 24.4 Å². The van der Waals surface area contributed by atoms with Crippen LogP contribution in [0.25, 0.3) is 0 Å². The zero-order valence-corrected chi connectivity index (χ0v) is 10.8. The van der Waals surface area contributed by atoms with Gasteiger partial charge < -0.3 is 11.1 Å². The third-order valence-corrected chi connectivity index (χ3v) is 2.56. The molecule has 21 heavy (non-hydrogen) atoms. The summed E-state index contributed by atoms with van der Waals surface area (Å²) in [6, 6.07) is 3.56. The Labute approximate surface area is 117 Å². The summed E-state index contributed by atoms with van der Waals surface area (Å²) in [6.07, 6.45) is -3.73. The number of nitrogens with one attached hydrogen (secondary N) is 1. The number of aromatic nitrogens is 3. The number of halogens is 3. The fraction of sp³-hybridized carbons (Fsp3) is 0.167. The number of carbonyl (C=O) groups excluding carboxylic acids is 1. The molecule has 2 rings (SSSR count). The maximum atomic E-state index is 12.4. The molecule has 0 aliphatic carbocycles. The van der Waals surface area contributed by atoms with Gasteiger partial charge in [-0.1, -0.05) is 0 Å². The molecule has 110 valence electrons. The second kappa shape index (κ2) is 5.35. The molecule has 0 unspecified atom stereocenters. The van der Waals surface area contributed by atoms with Gasteiger partial charge in [0.25, 0.3) is 5.91 Å². The van der Waals surface area contributed by atoms with Crippen LogP contribution in [0.5, 0.6) is 0 Å². The Balaban J connectivity index is 2.19. The summed E-state index contributed by atoms with van der Waals surface area (Å²) in [5.41, 5.74) is 4.77. The summed E-state index contributed by atoms with van der Waals surface area (Å²) in [7, 11) is 0. The largest absolute Gasteiger partial charge is 0.417 e. The van der Waals surface area contributed by atoms with Crippen LogP contribution in [0.1, 0.15) is 21.6 Å². The van der Waals surface area contributed by atoms with E-state index in [1.165, 1.54) is 12.1 Å². The van der Waals surface area contributed by atoms with Gasteiger partial charge in [0.15, 0.2) is 11.5 Å². The number of primary amides is 1. The zero-order chi connectivity index (χ0) is 15.6. The first kappa shape index (κ1) is 14.7. The van der Waals surface area contributed by atoms with Gasteiger partial charge in [-0.2, -0.15) is 13.2 Å². The molecule has 0 radical (unpaired) electrons. The lowest BCUT2D eigenvalue weighted by Crippen LogP contribution is -2.16. The van der Waals surface area contributed by atoms with Crippen molar-refractivity contribution < 1.29 is 18.0 Å². The minimum atomic E-state index is -4.44. The summed E-state index contributed by atoms with van der Waals surface area (Å²) < 4.78 is 37.2. The number of hydrogen-bond acceptors (Lipinski definition) is 5. The Morgan fingerprint density at radius 1 is 1.24 bits per heavy atom. The molecule has 2 aromatic heterocycles. The van der Waals surface area contributed by atoms with E-state index in [9.17, 15) is 18.0 Å². The molecule has 3 N–H and O–H groups in total. The number of nitrogens with two attached hydrogens (primary N) is 1. The van der Waals surface area contributed by atoms with Gasteiger partial charge in [0, 0.05) is 6.20 Å². The van der Waals surface area contributed by atoms with Gasteiger partial charge in [-0.05, 0) is 30.7 Å². The van der Waals surface area contributed by atoms with Gasteiger partial charge >= 0.3 is 6.18 Å². The highest BCUT2D eigenvalue weighted by Gasteiger charge is 2.30. The molecule has 1 amide bonds. The van der Waals surface area contributed by atoms with Gasteiger partial charge in [-0.15, -0.1) is 10.2 Å². The molecule has 0 saturated carbocycles. The lowest BCUT2D eigenvalue weighted by Gasteiger charge is -2.08. The minimum absolute atomic E-state index is 0.0286. The van der Waals surface area contributed by atoms with Crippen molar-refractivity contribution in [2.24, 2.45) is 5.73 Å². The molecule has 2 aromatic rings. The van der Waals surface area contributed by atoms with Crippen molar-refractivity contribution in [1.29, 1.82) is 0 Å². The van der Waals surface area contributed by atoms with E-state index in [0.29, 0.717) is 11.8 Å². The van der Waals surface area contributed by atoms with E-state index in [1.807, 2.05) is 0 Å². The van der Waals surface area contributed by atoms with Crippen molar-refractivity contribution in [1.82, 2.24) is 15.2 Å². The quantitative estimate of drug-likeness (QED) is 0.904. The van der Waals surface area contributed by atoms with E-state index in [1.54, 1.807) is 6.92 Å². The second-order valence-corrected chi connectivity index (χ2v) is 4.18. The number of aryl methyl sites for hydroxylation is 1. The number of amides is 1. The summed E-state index contributed by atoms with van der Waals surface area (Å²) in [5.74, 6) is -0.299. The normalized spacial score (nSPS) is 11.2. The highest BCUT2D eigenvalue weighted by molar-refractivity contribution is 5.92. The number of nitrogens with zero attached hydrogens (tertiary/aromatic N) is 3. The van der Waals surface area contributed by atoms with Crippen molar-refractivity contribution in [2.75, 3.05) is 5.32 Å². The van der Waals surface area contributed by atoms with Crippen LogP contribution in [0, 0.1) is 6.92 Å². The average Bonchev–Trinajstić information content (AvgIpc) is 2.38. The third kappa shape index (κ3) is 3.44. The fourth-order valence-corrected chi connectivity index (χ4v) is 1.56. The first-order chi connectivity index (χ1) is 9.77. The molecular weight excluding hydrogens is 287 g/mol. The Kier molecular flexibility index (Phi) is 3.74. The molecule has 6 nitrogen and oxygen atoms in total. The van der Waals surface area contributed by atoms with E-state index in [0.717, 1.165) is 6.07 Å². The van der Waals surface area contributed by atoms with Crippen LogP contribution in [-0.2, 0) is 6.18 Å². The lowest BCUT2D eigenvalue weighted by atomic mass is 10.2. The number of alkyl halides is 3. The molecule has 0 aliphatic rings. The fourth-order valence-electron chi connectivity index (χ4n) is 1.56. The maximum Gasteiger partial charge on any atom is 0.417 e. The van der Waals surface area contributed by atoms with Crippen molar-refractivity contribution in [3.05, 3.63) is 41.2 Å². The van der Waals surface area contributed by atoms with Crippen molar-refractivity contribution in [3.63, 3.8) is 0 Å². The van der Waals surface area contributed by atoms with Crippen LogP contribution < -0.4 is 11.1 Å². The van der Waals surface area contributed by atoms with Crippen molar-refractivity contribution >= 4 is 17.5 Å². The van der Waals surface area contributed by atoms with Crippen LogP contribution in [-0.4, -0.2) is 21.1 Å². The molecular formula is C12H10F3N5O. The number of pyridine rings is 1. The van der Waals surface area contributed by atoms with Gasteiger partial charge in [0.05, 0.1) is 5.56 Å². The molecule has 0 bridgehead atoms. The van der Waals surface area contributed by atoms with Crippen LogP contribution in [0.4, 0.5) is 24.8 Å². The van der Waals surface area contributed by atoms with Gasteiger partial charge in [-0.25, -0.2) is 4.98 Å². The van der Waals surface area contributed by atoms with Crippen LogP contribution >= 0.6 is 0 Å². The first-order valence-electron chi connectivity index (χ1n) is 5.72. The Hall–Kier alpha value is -2.71. The molecule has 0 aromatic carbocycles. The second-order valence-electron chi connectivity index (χ2n) is 4.18. The molecule has 9 heteroatoms. The standard InChI is InChI=1S/C12H10F3N5O/c1-6-4-9(19-20-10(6)11(16)21)18-8-3-2-7(5-17-8)12(13,14)15/h2-5H,1H3,(H2,16,21)(H,17,18,19). The summed E-state index contributed by atoms with van der Waals surface area (Å²) >= 11 is 0. The molecule has 2 heterocycles. The van der Waals surface area contributed by atoms with Gasteiger partial charge in [0.1, 0.15) is 5.82 Å². The summed E-state index contributed by atoms with van der Waals surface area (Å²) in [5, 5.41) is 10.0. The smallest absolute Gasteiger partial charge is 0.364 e. The van der Waals surface area contributed by atoms with Crippen LogP contribution in [0.3, 0.4) is 0 Å². The van der Waals surface area contributed by atoms with E-state index >= 15 is 0 Å². The van der Waals surface area contributed by atoms with E-state index in [2.05, 4.69) is 20.5 Å². The Morgan fingerprint density at radius 2 is 1.95 bits per heavy atom. The van der Waals surface area contributed by atoms with Gasteiger partial charge in [-0.3, -0.25) is 4.79 Å². The molecule has 0 atom stereocenters. The van der Waals surface area contributed by atoms with E-state index in [4.69, 9.17) is 5.73 Å². The van der Waals surface area contributed by atoms with E-state index < -0.39 is 17.6 Å². The number of rotatable bonds is 3. The predicted octanol–water partition coefficient (Wildman–Crippen LogP) is 2.04. The zero-order valence-electron chi connectivity index (χ0n) is 10.8. The van der Waals surface area contributed by atoms with Crippen molar-refractivity contribution in [2.45, 2.75) is 13.1 Å². The average molecular weight is 297 g/mol. The Bertz CT molecular complexity index is 670. The van der Waals surface area contributed by atoms with Crippen molar-refractivity contribution in [3.8, 4) is 0 Å².